The number of carbonyl (C=O) groups excluding carboxylic acids is 2. The lowest BCUT2D eigenvalue weighted by Crippen LogP contribution is -2.55. The molecule has 1 aliphatic rings. The lowest BCUT2D eigenvalue weighted by Gasteiger charge is -2.43. The van der Waals surface area contributed by atoms with Gasteiger partial charge in [0.1, 0.15) is 17.3 Å². The normalized spacial score (nSPS) is 17.6. The number of anilines is 2. The van der Waals surface area contributed by atoms with Crippen molar-refractivity contribution in [1.29, 1.82) is 0 Å². The number of hydrogen-bond donors (Lipinski definition) is 2. The highest BCUT2D eigenvalue weighted by Gasteiger charge is 2.26. The molecule has 0 spiro atoms. The number of ether oxygens (including phenoxy) is 1. The van der Waals surface area contributed by atoms with E-state index in [0.29, 0.717) is 40.5 Å². The Kier molecular flexibility index (Phi) is 7.47. The Labute approximate surface area is 228 Å². The van der Waals surface area contributed by atoms with Gasteiger partial charge in [0.25, 0.3) is 11.8 Å². The van der Waals surface area contributed by atoms with Crippen molar-refractivity contribution in [3.63, 3.8) is 0 Å². The topological polar surface area (TPSA) is 86.8 Å². The highest BCUT2D eigenvalue weighted by Crippen LogP contribution is 2.29. The predicted molar refractivity (Wildman–Crippen MR) is 155 cm³/mol. The van der Waals surface area contributed by atoms with Crippen molar-refractivity contribution in [2.75, 3.05) is 37.4 Å². The number of amides is 2. The van der Waals surface area contributed by atoms with Crippen LogP contribution in [0.25, 0.3) is 10.8 Å². The van der Waals surface area contributed by atoms with E-state index in [1.54, 1.807) is 31.4 Å². The number of nitrogens with zero attached hydrogens (tertiary/aromatic N) is 3. The third kappa shape index (κ3) is 5.71. The Morgan fingerprint density at radius 3 is 2.33 bits per heavy atom. The van der Waals surface area contributed by atoms with Crippen LogP contribution in [0.5, 0.6) is 11.5 Å². The number of likely N-dealkylation sites (N-methyl/N-ethyl adjacent to an activating group) is 1. The molecule has 200 valence electrons. The van der Waals surface area contributed by atoms with Gasteiger partial charge in [-0.3, -0.25) is 14.5 Å². The van der Waals surface area contributed by atoms with Crippen LogP contribution in [0.2, 0.25) is 0 Å². The summed E-state index contributed by atoms with van der Waals surface area (Å²) < 4.78 is 6.05. The van der Waals surface area contributed by atoms with Crippen molar-refractivity contribution in [2.45, 2.75) is 25.9 Å². The summed E-state index contributed by atoms with van der Waals surface area (Å²) in [4.78, 5) is 34.1. The van der Waals surface area contributed by atoms with Gasteiger partial charge in [-0.25, -0.2) is 4.98 Å². The second kappa shape index (κ2) is 11.1. The number of piperazine rings is 1. The summed E-state index contributed by atoms with van der Waals surface area (Å²) in [6.07, 6.45) is 1.59. The highest BCUT2D eigenvalue weighted by molar-refractivity contribution is 6.07. The first-order chi connectivity index (χ1) is 18.8. The fourth-order valence-electron chi connectivity index (χ4n) is 4.96. The van der Waals surface area contributed by atoms with Gasteiger partial charge in [0, 0.05) is 61.3 Å². The molecule has 0 bridgehead atoms. The number of hydrogen-bond acceptors (Lipinski definition) is 6. The molecule has 8 nitrogen and oxygen atoms in total. The van der Waals surface area contributed by atoms with Crippen molar-refractivity contribution in [3.05, 3.63) is 90.1 Å². The number of aromatic nitrogens is 1. The van der Waals surface area contributed by atoms with Gasteiger partial charge >= 0.3 is 0 Å². The molecule has 1 fully saturated rings. The lowest BCUT2D eigenvalue weighted by molar-refractivity contribution is 0.0963. The van der Waals surface area contributed by atoms with Gasteiger partial charge in [0.05, 0.1) is 0 Å². The molecule has 8 heteroatoms. The summed E-state index contributed by atoms with van der Waals surface area (Å²) in [5.74, 6) is 1.17. The minimum Gasteiger partial charge on any atom is -0.457 e. The van der Waals surface area contributed by atoms with E-state index in [-0.39, 0.29) is 11.8 Å². The van der Waals surface area contributed by atoms with Gasteiger partial charge < -0.3 is 20.3 Å². The summed E-state index contributed by atoms with van der Waals surface area (Å²) in [6, 6.07) is 23.2. The molecule has 0 unspecified atom stereocenters. The zero-order valence-corrected chi connectivity index (χ0v) is 22.6. The van der Waals surface area contributed by atoms with Gasteiger partial charge in [-0.2, -0.15) is 0 Å². The maximum atomic E-state index is 12.9. The number of carbonyl (C=O) groups is 2. The van der Waals surface area contributed by atoms with Crippen LogP contribution in [0.15, 0.2) is 79.0 Å². The smallest absolute Gasteiger partial charge is 0.256 e. The zero-order valence-electron chi connectivity index (χ0n) is 22.6. The van der Waals surface area contributed by atoms with E-state index in [4.69, 9.17) is 4.74 Å². The quantitative estimate of drug-likeness (QED) is 0.363. The van der Waals surface area contributed by atoms with Gasteiger partial charge in [-0.1, -0.05) is 12.1 Å². The van der Waals surface area contributed by atoms with E-state index in [1.807, 2.05) is 54.6 Å². The second-order valence-corrected chi connectivity index (χ2v) is 10.0. The summed E-state index contributed by atoms with van der Waals surface area (Å²) in [6.45, 7) is 6.38. The summed E-state index contributed by atoms with van der Waals surface area (Å²) >= 11 is 0. The Hall–Kier alpha value is -4.43. The molecule has 39 heavy (non-hydrogen) atoms. The van der Waals surface area contributed by atoms with Crippen LogP contribution in [-0.2, 0) is 0 Å². The minimum atomic E-state index is -0.237. The zero-order chi connectivity index (χ0) is 27.5. The number of fused-ring (bicyclic) bond motifs is 1. The molecule has 0 saturated carbocycles. The fourth-order valence-corrected chi connectivity index (χ4v) is 4.96. The molecule has 1 aromatic heterocycles. The predicted octanol–water partition coefficient (Wildman–Crippen LogP) is 5.17. The van der Waals surface area contributed by atoms with E-state index in [2.05, 4.69) is 46.3 Å². The Bertz CT molecular complexity index is 1490. The third-order valence-electron chi connectivity index (χ3n) is 7.39. The number of rotatable bonds is 6. The summed E-state index contributed by atoms with van der Waals surface area (Å²) in [5.41, 5.74) is 2.28. The van der Waals surface area contributed by atoms with Crippen LogP contribution in [0.4, 0.5) is 11.5 Å². The fraction of sp³-hybridized carbons (Fsp3) is 0.258. The molecule has 4 aromatic rings. The Morgan fingerprint density at radius 2 is 1.62 bits per heavy atom. The van der Waals surface area contributed by atoms with Crippen molar-refractivity contribution in [3.8, 4) is 11.5 Å². The molecule has 3 aromatic carbocycles. The molecule has 1 aliphatic heterocycles. The van der Waals surface area contributed by atoms with E-state index in [0.717, 1.165) is 29.5 Å². The monoisotopic (exact) mass is 523 g/mol. The van der Waals surface area contributed by atoms with E-state index >= 15 is 0 Å². The van der Waals surface area contributed by atoms with Crippen LogP contribution in [0, 0.1) is 0 Å². The van der Waals surface area contributed by atoms with Crippen LogP contribution in [-0.4, -0.2) is 61.0 Å². The molecule has 1 saturated heterocycles. The van der Waals surface area contributed by atoms with E-state index in [9.17, 15) is 9.59 Å². The molecule has 0 radical (unpaired) electrons. The molecule has 0 aliphatic carbocycles. The van der Waals surface area contributed by atoms with Crippen molar-refractivity contribution in [1.82, 2.24) is 15.2 Å². The summed E-state index contributed by atoms with van der Waals surface area (Å²) in [5, 5.41) is 7.26. The van der Waals surface area contributed by atoms with Gasteiger partial charge in [-0.15, -0.1) is 0 Å². The van der Waals surface area contributed by atoms with E-state index < -0.39 is 0 Å². The first-order valence-corrected chi connectivity index (χ1v) is 13.1. The molecule has 2 heterocycles. The Morgan fingerprint density at radius 1 is 0.897 bits per heavy atom. The molecular formula is C31H33N5O3. The van der Waals surface area contributed by atoms with E-state index in [1.165, 1.54) is 0 Å². The number of nitrogens with one attached hydrogen (secondary N) is 2. The van der Waals surface area contributed by atoms with Gasteiger partial charge in [0.15, 0.2) is 0 Å². The van der Waals surface area contributed by atoms with Gasteiger partial charge in [0.2, 0.25) is 0 Å². The maximum Gasteiger partial charge on any atom is 0.256 e. The average Bonchev–Trinajstić information content (AvgIpc) is 2.95. The maximum absolute atomic E-state index is 12.9. The SMILES string of the molecule is CNC(=O)c1cccc2cc(Oc3ccnc(NC(=O)c4ccc(N5C[C@@H](C)N(C)[C@@H](C)C5)cc4)c3)ccc12. The molecule has 5 rings (SSSR count). The van der Waals surface area contributed by atoms with Crippen LogP contribution in [0.1, 0.15) is 34.6 Å². The largest absolute Gasteiger partial charge is 0.457 e. The minimum absolute atomic E-state index is 0.137. The molecule has 2 N–H and O–H groups in total. The van der Waals surface area contributed by atoms with Crippen LogP contribution >= 0.6 is 0 Å². The van der Waals surface area contributed by atoms with Crippen molar-refractivity contribution in [2.24, 2.45) is 0 Å². The standard InChI is InChI=1S/C31H33N5O3/c1-20-18-36(19-21(2)35(20)4)24-10-8-22(9-11-24)30(37)34-29-17-26(14-15-33-29)39-25-12-13-27-23(16-25)6-5-7-28(27)31(38)32-3/h5-17,20-21H,18-19H2,1-4H3,(H,32,38)(H,33,34,37)/t20-,21+. The lowest BCUT2D eigenvalue weighted by atomic mass is 10.0. The highest BCUT2D eigenvalue weighted by atomic mass is 16.5. The van der Waals surface area contributed by atoms with Gasteiger partial charge in [-0.05, 0) is 86.3 Å². The van der Waals surface area contributed by atoms with Crippen LogP contribution in [0.3, 0.4) is 0 Å². The first-order valence-electron chi connectivity index (χ1n) is 13.1. The molecular weight excluding hydrogens is 490 g/mol. The third-order valence-corrected chi connectivity index (χ3v) is 7.39. The van der Waals surface area contributed by atoms with Crippen molar-refractivity contribution < 1.29 is 14.3 Å². The average molecular weight is 524 g/mol. The molecule has 2 amide bonds. The number of benzene rings is 3. The van der Waals surface area contributed by atoms with Crippen molar-refractivity contribution >= 4 is 34.1 Å². The number of pyridine rings is 1. The first kappa shape index (κ1) is 26.2. The second-order valence-electron chi connectivity index (χ2n) is 10.0. The Balaban J connectivity index is 1.26. The summed E-state index contributed by atoms with van der Waals surface area (Å²) in [7, 11) is 3.78. The van der Waals surface area contributed by atoms with Crippen LogP contribution < -0.4 is 20.3 Å². The molecule has 2 atom stereocenters.